The predicted molar refractivity (Wildman–Crippen MR) is 159 cm³/mol. The molecule has 6 rings (SSSR count). The van der Waals surface area contributed by atoms with E-state index in [4.69, 9.17) is 10.5 Å². The molecule has 5 aliphatic carbocycles. The Balaban J connectivity index is 1.34. The molecule has 0 saturated heterocycles. The largest absolute Gasteiger partial charge is 0.460 e. The van der Waals surface area contributed by atoms with Crippen molar-refractivity contribution in [1.82, 2.24) is 0 Å². The molecule has 5 fully saturated rings. The van der Waals surface area contributed by atoms with Crippen molar-refractivity contribution < 1.29 is 14.3 Å². The minimum Gasteiger partial charge on any atom is -0.460 e. The van der Waals surface area contributed by atoms with E-state index in [1.54, 1.807) is 6.92 Å². The van der Waals surface area contributed by atoms with Crippen molar-refractivity contribution in [1.29, 1.82) is 0 Å². The molecule has 10 atom stereocenters. The Kier molecular flexibility index (Phi) is 6.69. The highest BCUT2D eigenvalue weighted by Gasteiger charge is 2.72. The van der Waals surface area contributed by atoms with Crippen LogP contribution in [0.15, 0.2) is 30.3 Å². The first-order valence-corrected chi connectivity index (χ1v) is 16.3. The zero-order valence-corrected chi connectivity index (χ0v) is 25.9. The summed E-state index contributed by atoms with van der Waals surface area (Å²) in [7, 11) is 0. The van der Waals surface area contributed by atoms with Crippen LogP contribution in [0, 0.1) is 56.7 Å². The molecule has 1 aromatic rings. The van der Waals surface area contributed by atoms with Crippen molar-refractivity contribution in [2.45, 2.75) is 118 Å². The Labute approximate surface area is 242 Å². The highest BCUT2D eigenvalue weighted by Crippen LogP contribution is 2.77. The molecule has 4 heteroatoms. The lowest BCUT2D eigenvalue weighted by atomic mass is 9.32. The average molecular weight is 548 g/mol. The zero-order valence-electron chi connectivity index (χ0n) is 25.9. The first-order chi connectivity index (χ1) is 18.8. The van der Waals surface area contributed by atoms with Gasteiger partial charge in [0.05, 0.1) is 5.41 Å². The van der Waals surface area contributed by atoms with Crippen molar-refractivity contribution in [3.8, 4) is 0 Å². The number of ketones is 1. The van der Waals surface area contributed by atoms with E-state index in [9.17, 15) is 9.59 Å². The van der Waals surface area contributed by atoms with Crippen LogP contribution in [-0.2, 0) is 20.9 Å². The second kappa shape index (κ2) is 9.41. The smallest absolute Gasteiger partial charge is 0.312 e. The topological polar surface area (TPSA) is 69.4 Å². The maximum Gasteiger partial charge on any atom is 0.312 e. The maximum absolute atomic E-state index is 14.1. The molecule has 0 bridgehead atoms. The van der Waals surface area contributed by atoms with Gasteiger partial charge in [-0.15, -0.1) is 0 Å². The van der Waals surface area contributed by atoms with E-state index in [1.165, 1.54) is 25.7 Å². The molecule has 5 aliphatic rings. The highest BCUT2D eigenvalue weighted by molar-refractivity contribution is 5.84. The third-order valence-electron chi connectivity index (χ3n) is 14.7. The van der Waals surface area contributed by atoms with Crippen LogP contribution >= 0.6 is 0 Å². The number of Topliss-reactive ketones (excluding diaryl/α,β-unsaturated/α-hetero) is 1. The van der Waals surface area contributed by atoms with Crippen LogP contribution in [0.25, 0.3) is 0 Å². The molecule has 0 aliphatic heterocycles. The van der Waals surface area contributed by atoms with E-state index in [-0.39, 0.29) is 45.9 Å². The van der Waals surface area contributed by atoms with Gasteiger partial charge in [0.25, 0.3) is 0 Å². The number of ether oxygens (including phenoxy) is 1. The lowest BCUT2D eigenvalue weighted by molar-refractivity contribution is -0.240. The summed E-state index contributed by atoms with van der Waals surface area (Å²) in [4.78, 5) is 27.2. The van der Waals surface area contributed by atoms with Gasteiger partial charge < -0.3 is 10.5 Å². The molecular formula is C36H53NO3. The van der Waals surface area contributed by atoms with Gasteiger partial charge in [0.2, 0.25) is 0 Å². The molecule has 4 nitrogen and oxygen atoms in total. The van der Waals surface area contributed by atoms with Gasteiger partial charge in [0.15, 0.2) is 0 Å². The van der Waals surface area contributed by atoms with E-state index in [0.717, 1.165) is 44.1 Å². The van der Waals surface area contributed by atoms with E-state index >= 15 is 0 Å². The molecular weight excluding hydrogens is 494 g/mol. The minimum atomic E-state index is -0.515. The van der Waals surface area contributed by atoms with E-state index in [1.807, 2.05) is 30.3 Å². The second-order valence-corrected chi connectivity index (χ2v) is 16.1. The number of nitrogens with two attached hydrogens (primary N) is 1. The van der Waals surface area contributed by atoms with Crippen LogP contribution in [0.2, 0.25) is 0 Å². The van der Waals surface area contributed by atoms with Gasteiger partial charge in [-0.1, -0.05) is 65.0 Å². The van der Waals surface area contributed by atoms with Crippen LogP contribution in [0.3, 0.4) is 0 Å². The number of fused-ring (bicyclic) bond motifs is 7. The number of rotatable bonds is 4. The van der Waals surface area contributed by atoms with Gasteiger partial charge in [-0.05, 0) is 122 Å². The van der Waals surface area contributed by atoms with E-state index < -0.39 is 5.41 Å². The maximum atomic E-state index is 14.1. The molecule has 5 saturated carbocycles. The van der Waals surface area contributed by atoms with Gasteiger partial charge in [0.1, 0.15) is 12.4 Å². The van der Waals surface area contributed by atoms with Crippen LogP contribution < -0.4 is 5.73 Å². The summed E-state index contributed by atoms with van der Waals surface area (Å²) in [5.41, 5.74) is 8.06. The number of benzene rings is 1. The average Bonchev–Trinajstić information content (AvgIpc) is 3.32. The van der Waals surface area contributed by atoms with Crippen LogP contribution in [0.5, 0.6) is 0 Å². The zero-order chi connectivity index (χ0) is 28.7. The molecule has 0 heterocycles. The summed E-state index contributed by atoms with van der Waals surface area (Å²) in [5, 5.41) is 0. The summed E-state index contributed by atoms with van der Waals surface area (Å²) in [5.74, 6) is 2.04. The fraction of sp³-hybridized carbons (Fsp3) is 0.778. The first-order valence-electron chi connectivity index (χ1n) is 16.3. The Morgan fingerprint density at radius 2 is 1.55 bits per heavy atom. The van der Waals surface area contributed by atoms with Gasteiger partial charge in [-0.3, -0.25) is 9.59 Å². The summed E-state index contributed by atoms with van der Waals surface area (Å²) in [6.45, 7) is 14.8. The highest BCUT2D eigenvalue weighted by atomic mass is 16.5. The molecule has 0 spiro atoms. The normalized spacial score (nSPS) is 47.3. The summed E-state index contributed by atoms with van der Waals surface area (Å²) < 4.78 is 6.10. The lowest BCUT2D eigenvalue weighted by Crippen LogP contribution is -2.67. The van der Waals surface area contributed by atoms with Crippen molar-refractivity contribution >= 4 is 11.8 Å². The predicted octanol–water partition coefficient (Wildman–Crippen LogP) is 7.73. The molecule has 2 N–H and O–H groups in total. The third-order valence-corrected chi connectivity index (χ3v) is 14.7. The minimum absolute atomic E-state index is 0.0208. The number of carbonyl (C=O) groups is 2. The summed E-state index contributed by atoms with van der Waals surface area (Å²) in [6.07, 6.45) is 10.8. The van der Waals surface area contributed by atoms with Gasteiger partial charge >= 0.3 is 5.97 Å². The lowest BCUT2D eigenvalue weighted by Gasteiger charge is -2.72. The Morgan fingerprint density at radius 3 is 2.25 bits per heavy atom. The molecule has 0 radical (unpaired) electrons. The van der Waals surface area contributed by atoms with Crippen LogP contribution in [-0.4, -0.2) is 17.8 Å². The fourth-order valence-corrected chi connectivity index (χ4v) is 12.3. The standard InChI is InChI=1S/C36H53NO3/c1-23(38)25-14-19-36(31(39)40-22-24-10-8-7-9-11-24)21-20-34(5)26(30(25)36)12-13-28-33(4)17-16-29(37)32(2,3)27(33)15-18-35(28,34)6/h7-11,25-30H,12-22,37H2,1-6H3/t25-,26+,27-,28+,29+,30+,33-,34+,35+,36-/m0/s1. The Bertz CT molecular complexity index is 1160. The van der Waals surface area contributed by atoms with E-state index in [2.05, 4.69) is 34.6 Å². The molecule has 0 amide bonds. The quantitative estimate of drug-likeness (QED) is 0.392. The van der Waals surface area contributed by atoms with Crippen molar-refractivity contribution in [3.05, 3.63) is 35.9 Å². The number of hydrogen-bond acceptors (Lipinski definition) is 4. The molecule has 220 valence electrons. The number of carbonyl (C=O) groups excluding carboxylic acids is 2. The molecule has 40 heavy (non-hydrogen) atoms. The van der Waals surface area contributed by atoms with Crippen LogP contribution in [0.4, 0.5) is 0 Å². The first kappa shape index (κ1) is 28.4. The Hall–Kier alpha value is -1.68. The summed E-state index contributed by atoms with van der Waals surface area (Å²) >= 11 is 0. The number of hydrogen-bond donors (Lipinski definition) is 1. The third kappa shape index (κ3) is 3.72. The SMILES string of the molecule is CC(=O)[C@@H]1CC[C@]2(C(=O)OCc3ccccc3)CC[C@]3(C)[C@H](CC[C@@H]4[C@@]5(C)CC[C@@H](N)C(C)(C)[C@@H]5CC[C@]43C)[C@@H]12. The van der Waals surface area contributed by atoms with E-state index in [0.29, 0.717) is 29.8 Å². The van der Waals surface area contributed by atoms with Crippen LogP contribution in [0.1, 0.15) is 111 Å². The monoisotopic (exact) mass is 547 g/mol. The second-order valence-electron chi connectivity index (χ2n) is 16.1. The van der Waals surface area contributed by atoms with Gasteiger partial charge in [-0.2, -0.15) is 0 Å². The number of esters is 1. The molecule has 0 unspecified atom stereocenters. The summed E-state index contributed by atoms with van der Waals surface area (Å²) in [6, 6.07) is 10.3. The van der Waals surface area contributed by atoms with Crippen molar-refractivity contribution in [2.24, 2.45) is 62.4 Å². The molecule has 1 aromatic carbocycles. The van der Waals surface area contributed by atoms with Crippen molar-refractivity contribution in [2.75, 3.05) is 0 Å². The Morgan fingerprint density at radius 1 is 0.825 bits per heavy atom. The van der Waals surface area contributed by atoms with Gasteiger partial charge in [-0.25, -0.2) is 0 Å². The molecule has 0 aromatic heterocycles. The van der Waals surface area contributed by atoms with Crippen molar-refractivity contribution in [3.63, 3.8) is 0 Å². The fourth-order valence-electron chi connectivity index (χ4n) is 12.3. The van der Waals surface area contributed by atoms with Gasteiger partial charge in [0, 0.05) is 12.0 Å².